The third kappa shape index (κ3) is 51.1. The Labute approximate surface area is 406 Å². The van der Waals surface area contributed by atoms with Crippen molar-refractivity contribution < 1.29 is 28.6 Å². The molecule has 0 aromatic heterocycles. The van der Waals surface area contributed by atoms with Gasteiger partial charge in [0.25, 0.3) is 0 Å². The first-order chi connectivity index (χ1) is 32.5. The highest BCUT2D eigenvalue weighted by Crippen LogP contribution is 2.14. The third-order valence-corrected chi connectivity index (χ3v) is 11.2. The van der Waals surface area contributed by atoms with Gasteiger partial charge in [0.1, 0.15) is 13.2 Å². The van der Waals surface area contributed by atoms with Gasteiger partial charge in [-0.2, -0.15) is 0 Å². The molecule has 0 radical (unpaired) electrons. The zero-order valence-electron chi connectivity index (χ0n) is 42.7. The van der Waals surface area contributed by atoms with Crippen LogP contribution in [0.5, 0.6) is 0 Å². The molecule has 0 amide bonds. The number of hydrogen-bond acceptors (Lipinski definition) is 6. The van der Waals surface area contributed by atoms with Crippen molar-refractivity contribution in [3.05, 3.63) is 109 Å². The van der Waals surface area contributed by atoms with E-state index in [1.54, 1.807) is 0 Å². The fraction of sp³-hybridized carbons (Fsp3) is 0.650. The molecule has 0 heterocycles. The van der Waals surface area contributed by atoms with Gasteiger partial charge in [0.15, 0.2) is 6.10 Å². The maximum absolute atomic E-state index is 12.8. The zero-order chi connectivity index (χ0) is 47.9. The van der Waals surface area contributed by atoms with Crippen LogP contribution in [0.15, 0.2) is 109 Å². The lowest BCUT2D eigenvalue weighted by Gasteiger charge is -2.18. The molecule has 0 aromatic rings. The van der Waals surface area contributed by atoms with Gasteiger partial charge in [-0.3, -0.25) is 14.4 Å². The monoisotopic (exact) mass is 915 g/mol. The van der Waals surface area contributed by atoms with Crippen LogP contribution in [0.1, 0.15) is 233 Å². The van der Waals surface area contributed by atoms with Crippen LogP contribution >= 0.6 is 0 Å². The fourth-order valence-corrected chi connectivity index (χ4v) is 7.18. The number of rotatable bonds is 47. The van der Waals surface area contributed by atoms with Crippen LogP contribution in [-0.4, -0.2) is 37.2 Å². The molecule has 0 bridgehead atoms. The van der Waals surface area contributed by atoms with Crippen molar-refractivity contribution in [2.24, 2.45) is 0 Å². The molecule has 66 heavy (non-hydrogen) atoms. The Hall–Kier alpha value is -3.93. The molecule has 0 aromatic carbocycles. The molecule has 0 saturated heterocycles. The number of allylic oxidation sites excluding steroid dienone is 18. The molecule has 0 saturated carbocycles. The lowest BCUT2D eigenvalue weighted by atomic mass is 10.0. The highest BCUT2D eigenvalue weighted by atomic mass is 16.6. The number of unbranched alkanes of at least 4 members (excludes halogenated alkanes) is 25. The van der Waals surface area contributed by atoms with Crippen LogP contribution in [0.4, 0.5) is 0 Å². The summed E-state index contributed by atoms with van der Waals surface area (Å²) in [4.78, 5) is 38.0. The summed E-state index contributed by atoms with van der Waals surface area (Å²) in [7, 11) is 0. The molecule has 374 valence electrons. The van der Waals surface area contributed by atoms with Gasteiger partial charge < -0.3 is 14.2 Å². The van der Waals surface area contributed by atoms with Gasteiger partial charge in [0.2, 0.25) is 0 Å². The van der Waals surface area contributed by atoms with Crippen molar-refractivity contribution in [3.8, 4) is 0 Å². The van der Waals surface area contributed by atoms with Crippen molar-refractivity contribution >= 4 is 17.9 Å². The number of carbonyl (C=O) groups excluding carboxylic acids is 3. The van der Waals surface area contributed by atoms with E-state index < -0.39 is 6.10 Å². The summed E-state index contributed by atoms with van der Waals surface area (Å²) in [6.07, 6.45) is 72.1. The van der Waals surface area contributed by atoms with Gasteiger partial charge >= 0.3 is 17.9 Å². The Morgan fingerprint density at radius 2 is 0.591 bits per heavy atom. The van der Waals surface area contributed by atoms with Gasteiger partial charge in [-0.05, 0) is 64.2 Å². The van der Waals surface area contributed by atoms with Gasteiger partial charge in [-0.1, -0.05) is 259 Å². The van der Waals surface area contributed by atoms with Crippen molar-refractivity contribution in [2.75, 3.05) is 13.2 Å². The molecular formula is C60H98O6. The number of hydrogen-bond donors (Lipinski definition) is 0. The first-order valence-electron chi connectivity index (χ1n) is 27.0. The Morgan fingerprint density at radius 3 is 0.955 bits per heavy atom. The van der Waals surface area contributed by atoms with E-state index in [1.165, 1.54) is 109 Å². The van der Waals surface area contributed by atoms with Crippen molar-refractivity contribution in [1.82, 2.24) is 0 Å². The number of ether oxygens (including phenoxy) is 3. The minimum Gasteiger partial charge on any atom is -0.462 e. The Bertz CT molecular complexity index is 1370. The van der Waals surface area contributed by atoms with Crippen molar-refractivity contribution in [3.63, 3.8) is 0 Å². The first-order valence-corrected chi connectivity index (χ1v) is 27.0. The first kappa shape index (κ1) is 62.1. The highest BCUT2D eigenvalue weighted by molar-refractivity contribution is 5.71. The van der Waals surface area contributed by atoms with Gasteiger partial charge in [0.05, 0.1) is 0 Å². The normalized spacial score (nSPS) is 13.0. The van der Waals surface area contributed by atoms with Gasteiger partial charge in [-0.15, -0.1) is 0 Å². The van der Waals surface area contributed by atoms with E-state index in [0.29, 0.717) is 12.8 Å². The molecule has 0 aliphatic heterocycles. The van der Waals surface area contributed by atoms with Crippen molar-refractivity contribution in [2.45, 2.75) is 239 Å². The summed E-state index contributed by atoms with van der Waals surface area (Å²) < 4.78 is 16.8. The standard InChI is InChI=1S/C60H98O6/c1-4-7-10-13-16-19-22-25-27-29-30-31-33-35-38-41-44-47-50-53-59(62)65-56-57(55-64-58(61)52-49-46-43-40-37-34-24-21-18-15-12-9-6-3)66-60(63)54-51-48-45-42-39-36-32-28-26-23-20-17-14-11-8-5-2/h7,10,13,16,19,22,25,27-33,35-36,38-39,57H,4-6,8-9,11-12,14-15,17-18,20-21,23-24,26,34,37,40-56H2,1-3H3/b10-7-,16-13-,22-19-,27-25-,30-29+,32-28-,33-31-,38-35-,39-36-. The zero-order valence-corrected chi connectivity index (χ0v) is 42.7. The van der Waals surface area contributed by atoms with E-state index in [-0.39, 0.29) is 37.5 Å². The van der Waals surface area contributed by atoms with E-state index in [1.807, 2.05) is 72.9 Å². The molecule has 1 atom stereocenters. The summed E-state index contributed by atoms with van der Waals surface area (Å²) >= 11 is 0. The Balaban J connectivity index is 4.54. The molecule has 6 heteroatoms. The molecule has 0 aliphatic rings. The second-order valence-corrected chi connectivity index (χ2v) is 17.6. The third-order valence-electron chi connectivity index (χ3n) is 11.2. The smallest absolute Gasteiger partial charge is 0.306 e. The average Bonchev–Trinajstić information content (AvgIpc) is 3.31. The van der Waals surface area contributed by atoms with Crippen LogP contribution in [0.25, 0.3) is 0 Å². The molecule has 0 N–H and O–H groups in total. The second-order valence-electron chi connectivity index (χ2n) is 17.6. The Kier molecular flexibility index (Phi) is 50.5. The molecule has 0 rings (SSSR count). The largest absolute Gasteiger partial charge is 0.462 e. The van der Waals surface area contributed by atoms with E-state index >= 15 is 0 Å². The summed E-state index contributed by atoms with van der Waals surface area (Å²) in [5.41, 5.74) is 0. The molecule has 0 spiro atoms. The highest BCUT2D eigenvalue weighted by Gasteiger charge is 2.19. The van der Waals surface area contributed by atoms with E-state index in [0.717, 1.165) is 83.5 Å². The predicted molar refractivity (Wildman–Crippen MR) is 283 cm³/mol. The van der Waals surface area contributed by atoms with Crippen LogP contribution in [0, 0.1) is 0 Å². The molecule has 0 aliphatic carbocycles. The van der Waals surface area contributed by atoms with E-state index in [9.17, 15) is 14.4 Å². The summed E-state index contributed by atoms with van der Waals surface area (Å²) in [5.74, 6) is -0.978. The fourth-order valence-electron chi connectivity index (χ4n) is 7.18. The lowest BCUT2D eigenvalue weighted by molar-refractivity contribution is -0.167. The second kappa shape index (κ2) is 53.7. The lowest BCUT2D eigenvalue weighted by Crippen LogP contribution is -2.30. The minimum absolute atomic E-state index is 0.104. The number of carbonyl (C=O) groups is 3. The summed E-state index contributed by atoms with van der Waals surface area (Å²) in [5, 5.41) is 0. The van der Waals surface area contributed by atoms with Crippen LogP contribution in [-0.2, 0) is 28.6 Å². The van der Waals surface area contributed by atoms with Gasteiger partial charge in [0, 0.05) is 19.3 Å². The number of esters is 3. The Morgan fingerprint density at radius 1 is 0.318 bits per heavy atom. The maximum Gasteiger partial charge on any atom is 0.306 e. The quantitative estimate of drug-likeness (QED) is 0.0262. The van der Waals surface area contributed by atoms with E-state index in [4.69, 9.17) is 14.2 Å². The average molecular weight is 915 g/mol. The van der Waals surface area contributed by atoms with Crippen LogP contribution < -0.4 is 0 Å². The summed E-state index contributed by atoms with van der Waals surface area (Å²) in [6, 6.07) is 0. The molecule has 0 fully saturated rings. The SMILES string of the molecule is CC\C=C/C=C\C=C/C=C\C=C\C=C/C=C\CCCCCC(=O)OCC(COC(=O)CCCCCCCCCCCCCCC)OC(=O)CCCCC/C=C\C=C/CCCCCCCCC. The maximum atomic E-state index is 12.8. The molecule has 1 unspecified atom stereocenters. The van der Waals surface area contributed by atoms with E-state index in [2.05, 4.69) is 57.2 Å². The van der Waals surface area contributed by atoms with Crippen molar-refractivity contribution in [1.29, 1.82) is 0 Å². The minimum atomic E-state index is -0.811. The molecule has 6 nitrogen and oxygen atoms in total. The summed E-state index contributed by atoms with van der Waals surface area (Å²) in [6.45, 7) is 6.42. The van der Waals surface area contributed by atoms with Crippen LogP contribution in [0.2, 0.25) is 0 Å². The van der Waals surface area contributed by atoms with Gasteiger partial charge in [-0.25, -0.2) is 0 Å². The predicted octanol–water partition coefficient (Wildman–Crippen LogP) is 17.9. The van der Waals surface area contributed by atoms with Crippen LogP contribution in [0.3, 0.4) is 0 Å². The topological polar surface area (TPSA) is 78.9 Å². The molecular weight excluding hydrogens is 817 g/mol.